The lowest BCUT2D eigenvalue weighted by atomic mass is 10.1. The Morgan fingerprint density at radius 3 is 2.37 bits per heavy atom. The Morgan fingerprint density at radius 2 is 1.68 bits per heavy atom. The summed E-state index contributed by atoms with van der Waals surface area (Å²) < 4.78 is 31.0. The Morgan fingerprint density at radius 1 is 1.00 bits per heavy atom. The van der Waals surface area contributed by atoms with Crippen molar-refractivity contribution in [2.45, 2.75) is 45.6 Å². The second-order valence-corrected chi connectivity index (χ2v) is 11.5. The lowest BCUT2D eigenvalue weighted by Gasteiger charge is -2.19. The zero-order valence-corrected chi connectivity index (χ0v) is 23.1. The van der Waals surface area contributed by atoms with Crippen LogP contribution >= 0.6 is 0 Å². The number of primary amides is 1. The molecule has 10 heteroatoms. The summed E-state index contributed by atoms with van der Waals surface area (Å²) in [6.45, 7) is 9.87. The molecule has 1 atom stereocenters. The highest BCUT2D eigenvalue weighted by Gasteiger charge is 2.22. The minimum atomic E-state index is -3.68. The van der Waals surface area contributed by atoms with Gasteiger partial charge >= 0.3 is 0 Å². The second-order valence-electron chi connectivity index (χ2n) is 9.80. The van der Waals surface area contributed by atoms with Crippen molar-refractivity contribution >= 4 is 38.2 Å². The van der Waals surface area contributed by atoms with Crippen LogP contribution in [0.4, 0.5) is 11.4 Å². The van der Waals surface area contributed by atoms with Crippen molar-refractivity contribution in [3.8, 4) is 5.69 Å². The van der Waals surface area contributed by atoms with Crippen molar-refractivity contribution in [3.63, 3.8) is 0 Å². The number of nitrogens with one attached hydrogen (secondary N) is 3. The number of anilines is 2. The molecule has 38 heavy (non-hydrogen) atoms. The van der Waals surface area contributed by atoms with Crippen LogP contribution in [0, 0.1) is 27.7 Å². The number of hydrogen-bond donors (Lipinski definition) is 4. The molecular weight excluding hydrogens is 500 g/mol. The van der Waals surface area contributed by atoms with E-state index in [4.69, 9.17) is 5.73 Å². The van der Waals surface area contributed by atoms with Crippen LogP contribution in [0.15, 0.2) is 59.6 Å². The molecule has 0 saturated heterocycles. The molecule has 3 aromatic carbocycles. The van der Waals surface area contributed by atoms with E-state index in [9.17, 15) is 13.2 Å². The van der Waals surface area contributed by atoms with Gasteiger partial charge in [-0.15, -0.1) is 0 Å². The molecule has 5 N–H and O–H groups in total. The fourth-order valence-corrected chi connectivity index (χ4v) is 6.47. The van der Waals surface area contributed by atoms with Gasteiger partial charge in [-0.05, 0) is 81.6 Å². The topological polar surface area (TPSA) is 131 Å². The minimum absolute atomic E-state index is 0.0431. The summed E-state index contributed by atoms with van der Waals surface area (Å²) in [7, 11) is -3.68. The molecule has 1 aromatic heterocycles. The molecule has 4 rings (SSSR count). The fraction of sp³-hybridized carbons (Fsp3) is 0.286. The summed E-state index contributed by atoms with van der Waals surface area (Å²) in [5.74, 6) is -0.438. The van der Waals surface area contributed by atoms with E-state index in [1.54, 1.807) is 6.20 Å². The summed E-state index contributed by atoms with van der Waals surface area (Å²) in [5, 5.41) is 11.9. The third-order valence-electron chi connectivity index (χ3n) is 6.22. The van der Waals surface area contributed by atoms with Gasteiger partial charge in [-0.25, -0.2) is 17.8 Å². The number of fused-ring (bicyclic) bond motifs is 1. The van der Waals surface area contributed by atoms with E-state index in [-0.39, 0.29) is 12.6 Å². The third-order valence-corrected chi connectivity index (χ3v) is 8.11. The van der Waals surface area contributed by atoms with Gasteiger partial charge in [-0.3, -0.25) is 4.79 Å². The predicted molar refractivity (Wildman–Crippen MR) is 152 cm³/mol. The summed E-state index contributed by atoms with van der Waals surface area (Å²) in [6.07, 6.45) is 1.79. The van der Waals surface area contributed by atoms with Crippen LogP contribution in [0.25, 0.3) is 16.6 Å². The number of aryl methyl sites for hydroxylation is 4. The van der Waals surface area contributed by atoms with Crippen molar-refractivity contribution in [2.24, 2.45) is 5.73 Å². The molecule has 200 valence electrons. The predicted octanol–water partition coefficient (Wildman–Crippen LogP) is 3.94. The molecule has 4 aromatic rings. The Hall–Kier alpha value is -3.89. The average molecular weight is 535 g/mol. The molecule has 0 saturated carbocycles. The number of carbonyl (C=O) groups is 1. The average Bonchev–Trinajstić information content (AvgIpc) is 3.24. The van der Waals surface area contributed by atoms with Gasteiger partial charge in [-0.2, -0.15) is 5.10 Å². The number of carbonyl (C=O) groups excluding carboxylic acids is 1. The van der Waals surface area contributed by atoms with Crippen LogP contribution in [-0.2, 0) is 14.8 Å². The van der Waals surface area contributed by atoms with Crippen LogP contribution in [0.3, 0.4) is 0 Å². The molecule has 9 nitrogen and oxygen atoms in total. The van der Waals surface area contributed by atoms with Gasteiger partial charge in [0.2, 0.25) is 15.9 Å². The molecule has 1 heterocycles. The molecule has 1 amide bonds. The normalized spacial score (nSPS) is 12.4. The summed E-state index contributed by atoms with van der Waals surface area (Å²) in [5.41, 5.74) is 12.1. The van der Waals surface area contributed by atoms with Crippen molar-refractivity contribution in [1.82, 2.24) is 14.5 Å². The quantitative estimate of drug-likeness (QED) is 0.244. The van der Waals surface area contributed by atoms with Crippen molar-refractivity contribution < 1.29 is 13.2 Å². The number of rotatable bonds is 10. The smallest absolute Gasteiger partial charge is 0.241 e. The van der Waals surface area contributed by atoms with E-state index >= 15 is 0 Å². The maximum Gasteiger partial charge on any atom is 0.241 e. The first kappa shape index (κ1) is 27.2. The number of hydrogen-bond acceptors (Lipinski definition) is 6. The first-order chi connectivity index (χ1) is 17.9. The van der Waals surface area contributed by atoms with Crippen molar-refractivity contribution in [3.05, 3.63) is 77.0 Å². The van der Waals surface area contributed by atoms with E-state index in [1.807, 2.05) is 87.8 Å². The summed E-state index contributed by atoms with van der Waals surface area (Å²) in [4.78, 5) is 11.5. The largest absolute Gasteiger partial charge is 0.383 e. The number of nitrogens with two attached hydrogens (primary N) is 1. The second kappa shape index (κ2) is 10.8. The molecule has 0 radical (unpaired) electrons. The van der Waals surface area contributed by atoms with E-state index in [0.717, 1.165) is 50.2 Å². The Labute approximate surface area is 223 Å². The Balaban J connectivity index is 1.54. The summed E-state index contributed by atoms with van der Waals surface area (Å²) in [6, 6.07) is 15.1. The van der Waals surface area contributed by atoms with Gasteiger partial charge in [-0.1, -0.05) is 23.8 Å². The highest BCUT2D eigenvalue weighted by molar-refractivity contribution is 7.89. The van der Waals surface area contributed by atoms with E-state index in [0.29, 0.717) is 11.4 Å². The molecule has 0 spiro atoms. The van der Waals surface area contributed by atoms with E-state index in [1.165, 1.54) is 0 Å². The number of benzene rings is 3. The molecule has 0 aliphatic carbocycles. The standard InChI is InChI=1S/C28H34N6O3S/c1-17-9-19(3)28(20(4)10-17)38(36,37)33-21(5)14-31-25-11-18(2)12-26-24(25)15-32-34(26)23-8-6-7-22(13-23)30-16-27(29)35/h6-13,15,21,30-31,33H,14,16H2,1-5H3,(H2,29,35)/t21-/m0/s1. The maximum atomic E-state index is 13.2. The van der Waals surface area contributed by atoms with E-state index < -0.39 is 15.9 Å². The van der Waals surface area contributed by atoms with Gasteiger partial charge in [0, 0.05) is 29.3 Å². The van der Waals surface area contributed by atoms with Crippen LogP contribution in [-0.4, -0.2) is 43.2 Å². The van der Waals surface area contributed by atoms with Crippen molar-refractivity contribution in [2.75, 3.05) is 23.7 Å². The van der Waals surface area contributed by atoms with E-state index in [2.05, 4.69) is 20.5 Å². The molecule has 0 fully saturated rings. The van der Waals surface area contributed by atoms with Gasteiger partial charge < -0.3 is 16.4 Å². The summed E-state index contributed by atoms with van der Waals surface area (Å²) >= 11 is 0. The Bertz CT molecular complexity index is 1590. The third kappa shape index (κ3) is 5.98. The van der Waals surface area contributed by atoms with Crippen LogP contribution in [0.2, 0.25) is 0 Å². The van der Waals surface area contributed by atoms with Gasteiger partial charge in [0.25, 0.3) is 0 Å². The highest BCUT2D eigenvalue weighted by Crippen LogP contribution is 2.28. The van der Waals surface area contributed by atoms with Crippen LogP contribution in [0.1, 0.15) is 29.2 Å². The van der Waals surface area contributed by atoms with Gasteiger partial charge in [0.1, 0.15) is 0 Å². The van der Waals surface area contributed by atoms with Crippen LogP contribution < -0.4 is 21.1 Å². The lowest BCUT2D eigenvalue weighted by Crippen LogP contribution is -2.38. The lowest BCUT2D eigenvalue weighted by molar-refractivity contribution is -0.116. The molecule has 0 aliphatic rings. The number of nitrogens with zero attached hydrogens (tertiary/aromatic N) is 2. The molecule has 0 aliphatic heterocycles. The molecule has 0 unspecified atom stereocenters. The minimum Gasteiger partial charge on any atom is -0.383 e. The number of sulfonamides is 1. The van der Waals surface area contributed by atoms with Crippen molar-refractivity contribution in [1.29, 1.82) is 0 Å². The van der Waals surface area contributed by atoms with Crippen LogP contribution in [0.5, 0.6) is 0 Å². The van der Waals surface area contributed by atoms with Gasteiger partial charge in [0.15, 0.2) is 0 Å². The number of aromatic nitrogens is 2. The first-order valence-corrected chi connectivity index (χ1v) is 13.9. The maximum absolute atomic E-state index is 13.2. The number of amides is 1. The zero-order chi connectivity index (χ0) is 27.6. The fourth-order valence-electron chi connectivity index (χ4n) is 4.78. The molecule has 0 bridgehead atoms. The monoisotopic (exact) mass is 534 g/mol. The highest BCUT2D eigenvalue weighted by atomic mass is 32.2. The molecular formula is C28H34N6O3S. The Kier molecular flexibility index (Phi) is 7.75. The first-order valence-electron chi connectivity index (χ1n) is 12.4. The SMILES string of the molecule is Cc1cc(C)c(S(=O)(=O)N[C@@H](C)CNc2cc(C)cc3c2cnn3-c2cccc(NCC(N)=O)c2)c(C)c1. The zero-order valence-electron chi connectivity index (χ0n) is 22.3. The van der Waals surface area contributed by atoms with Gasteiger partial charge in [0.05, 0.1) is 28.8 Å².